The zero-order valence-electron chi connectivity index (χ0n) is 22.4. The quantitative estimate of drug-likeness (QED) is 0.260. The standard InChI is InChI=1S/C30H43F3O4/c1-3-5-7-26(31)29(34)36-23-14-9-20(10-15-23)22-13-18-25(28(33)19-22)21-11-16-24(17-12-21)37-30(35)27(32)8-6-4-2/h13,18-21,23-24,26-27H,3-12,14-17H2,1-2H3. The minimum atomic E-state index is -1.56. The maximum atomic E-state index is 15.1. The first kappa shape index (κ1) is 29.5. The molecule has 7 heteroatoms. The van der Waals surface area contributed by atoms with Crippen molar-refractivity contribution in [3.05, 3.63) is 35.1 Å². The van der Waals surface area contributed by atoms with Crippen LogP contribution in [0.15, 0.2) is 18.2 Å². The molecule has 2 unspecified atom stereocenters. The Morgan fingerprint density at radius 2 is 1.24 bits per heavy atom. The van der Waals surface area contributed by atoms with E-state index in [0.717, 1.165) is 31.2 Å². The molecule has 0 saturated heterocycles. The highest BCUT2D eigenvalue weighted by molar-refractivity contribution is 5.75. The molecule has 2 fully saturated rings. The van der Waals surface area contributed by atoms with Crippen molar-refractivity contribution in [3.8, 4) is 0 Å². The Morgan fingerprint density at radius 3 is 1.68 bits per heavy atom. The molecule has 2 aliphatic carbocycles. The van der Waals surface area contributed by atoms with E-state index < -0.39 is 24.3 Å². The van der Waals surface area contributed by atoms with Crippen molar-refractivity contribution in [2.75, 3.05) is 0 Å². The van der Waals surface area contributed by atoms with Crippen LogP contribution in [0.2, 0.25) is 0 Å². The van der Waals surface area contributed by atoms with Crippen LogP contribution in [0, 0.1) is 5.82 Å². The first-order chi connectivity index (χ1) is 17.8. The van der Waals surface area contributed by atoms with Gasteiger partial charge in [0.1, 0.15) is 18.0 Å². The van der Waals surface area contributed by atoms with E-state index in [1.54, 1.807) is 6.07 Å². The lowest BCUT2D eigenvalue weighted by molar-refractivity contribution is -0.157. The SMILES string of the molecule is CCCCC(F)C(=O)OC1CCC(c2ccc(C3CCC(OC(=O)C(F)CCCC)CC3)c(F)c2)CC1. The Labute approximate surface area is 219 Å². The second-order valence-corrected chi connectivity index (χ2v) is 10.8. The number of benzene rings is 1. The number of carbonyl (C=O) groups excluding carboxylic acids is 2. The number of rotatable bonds is 12. The largest absolute Gasteiger partial charge is 0.460 e. The molecule has 3 rings (SSSR count). The van der Waals surface area contributed by atoms with Gasteiger partial charge in [-0.05, 0) is 93.2 Å². The van der Waals surface area contributed by atoms with Gasteiger partial charge in [-0.2, -0.15) is 0 Å². The molecule has 2 aliphatic rings. The maximum absolute atomic E-state index is 15.1. The Bertz CT molecular complexity index is 860. The van der Waals surface area contributed by atoms with E-state index in [4.69, 9.17) is 9.47 Å². The Morgan fingerprint density at radius 1 is 0.784 bits per heavy atom. The van der Waals surface area contributed by atoms with E-state index in [2.05, 4.69) is 0 Å². The predicted molar refractivity (Wildman–Crippen MR) is 137 cm³/mol. The van der Waals surface area contributed by atoms with Crippen LogP contribution in [0.25, 0.3) is 0 Å². The summed E-state index contributed by atoms with van der Waals surface area (Å²) in [6.45, 7) is 3.91. The highest BCUT2D eigenvalue weighted by atomic mass is 19.1. The summed E-state index contributed by atoms with van der Waals surface area (Å²) in [5.74, 6) is -1.49. The fraction of sp³-hybridized carbons (Fsp3) is 0.733. The van der Waals surface area contributed by atoms with Crippen LogP contribution in [-0.4, -0.2) is 36.5 Å². The first-order valence-corrected chi connectivity index (χ1v) is 14.3. The van der Waals surface area contributed by atoms with E-state index in [0.29, 0.717) is 56.9 Å². The highest BCUT2D eigenvalue weighted by Crippen LogP contribution is 2.39. The highest BCUT2D eigenvalue weighted by Gasteiger charge is 2.31. The van der Waals surface area contributed by atoms with E-state index in [-0.39, 0.29) is 42.7 Å². The number of halogens is 3. The number of alkyl halides is 2. The number of hydrogen-bond acceptors (Lipinski definition) is 4. The normalized spacial score (nSPS) is 25.8. The third kappa shape index (κ3) is 8.75. The van der Waals surface area contributed by atoms with Crippen LogP contribution >= 0.6 is 0 Å². The Hall–Kier alpha value is -2.05. The summed E-state index contributed by atoms with van der Waals surface area (Å²) in [7, 11) is 0. The number of unbranched alkanes of at least 4 members (excludes halogenated alkanes) is 2. The Balaban J connectivity index is 1.45. The molecule has 1 aromatic rings. The van der Waals surface area contributed by atoms with Crippen molar-refractivity contribution in [2.24, 2.45) is 0 Å². The average molecular weight is 525 g/mol. The molecule has 1 aromatic carbocycles. The zero-order valence-corrected chi connectivity index (χ0v) is 22.4. The molecule has 0 N–H and O–H groups in total. The van der Waals surface area contributed by atoms with Crippen molar-refractivity contribution < 1.29 is 32.2 Å². The van der Waals surface area contributed by atoms with E-state index in [9.17, 15) is 18.4 Å². The average Bonchev–Trinajstić information content (AvgIpc) is 2.91. The predicted octanol–water partition coefficient (Wildman–Crippen LogP) is 8.02. The molecule has 0 radical (unpaired) electrons. The Kier molecular flexibility index (Phi) is 11.8. The molecule has 0 aliphatic heterocycles. The molecular formula is C30H43F3O4. The summed E-state index contributed by atoms with van der Waals surface area (Å²) in [6.07, 6.45) is 5.20. The van der Waals surface area contributed by atoms with E-state index >= 15 is 4.39 Å². The van der Waals surface area contributed by atoms with Crippen molar-refractivity contribution in [1.29, 1.82) is 0 Å². The molecule has 2 atom stereocenters. The second kappa shape index (κ2) is 14.8. The molecule has 2 saturated carbocycles. The fourth-order valence-corrected chi connectivity index (χ4v) is 5.61. The molecule has 0 heterocycles. The number of carbonyl (C=O) groups is 2. The van der Waals surface area contributed by atoms with E-state index in [1.165, 1.54) is 0 Å². The molecular weight excluding hydrogens is 481 g/mol. The third-order valence-corrected chi connectivity index (χ3v) is 7.98. The summed E-state index contributed by atoms with van der Waals surface area (Å²) in [5, 5.41) is 0. The van der Waals surface area contributed by atoms with Crippen LogP contribution in [0.1, 0.15) is 127 Å². The van der Waals surface area contributed by atoms with Gasteiger partial charge >= 0.3 is 11.9 Å². The topological polar surface area (TPSA) is 52.6 Å². The molecule has 0 spiro atoms. The van der Waals surface area contributed by atoms with Gasteiger partial charge in [-0.3, -0.25) is 0 Å². The lowest BCUT2D eigenvalue weighted by Gasteiger charge is -2.30. The van der Waals surface area contributed by atoms with Gasteiger partial charge in [0.25, 0.3) is 0 Å². The maximum Gasteiger partial charge on any atom is 0.340 e. The molecule has 0 amide bonds. The minimum Gasteiger partial charge on any atom is -0.460 e. The van der Waals surface area contributed by atoms with Crippen LogP contribution in [0.4, 0.5) is 13.2 Å². The van der Waals surface area contributed by atoms with Crippen molar-refractivity contribution in [1.82, 2.24) is 0 Å². The van der Waals surface area contributed by atoms with Crippen LogP contribution in [0.3, 0.4) is 0 Å². The molecule has 0 bridgehead atoms. The minimum absolute atomic E-state index is 0.0572. The summed E-state index contributed by atoms with van der Waals surface area (Å²) < 4.78 is 53.7. The zero-order chi connectivity index (χ0) is 26.8. The van der Waals surface area contributed by atoms with E-state index in [1.807, 2.05) is 26.0 Å². The van der Waals surface area contributed by atoms with Gasteiger partial charge in [0.05, 0.1) is 0 Å². The van der Waals surface area contributed by atoms with Gasteiger partial charge < -0.3 is 9.47 Å². The van der Waals surface area contributed by atoms with Crippen molar-refractivity contribution in [3.63, 3.8) is 0 Å². The third-order valence-electron chi connectivity index (χ3n) is 7.98. The fourth-order valence-electron chi connectivity index (χ4n) is 5.61. The lowest BCUT2D eigenvalue weighted by atomic mass is 9.79. The van der Waals surface area contributed by atoms with Crippen LogP contribution in [-0.2, 0) is 19.1 Å². The summed E-state index contributed by atoms with van der Waals surface area (Å²) >= 11 is 0. The lowest BCUT2D eigenvalue weighted by Crippen LogP contribution is -2.29. The van der Waals surface area contributed by atoms with Gasteiger partial charge in [0, 0.05) is 0 Å². The van der Waals surface area contributed by atoms with Crippen molar-refractivity contribution >= 4 is 11.9 Å². The second-order valence-electron chi connectivity index (χ2n) is 10.8. The summed E-state index contributed by atoms with van der Waals surface area (Å²) in [4.78, 5) is 23.9. The van der Waals surface area contributed by atoms with Crippen molar-refractivity contribution in [2.45, 2.75) is 140 Å². The molecule has 37 heavy (non-hydrogen) atoms. The number of ether oxygens (including phenoxy) is 2. The van der Waals surface area contributed by atoms with Crippen LogP contribution in [0.5, 0.6) is 0 Å². The van der Waals surface area contributed by atoms with Gasteiger partial charge in [0.2, 0.25) is 0 Å². The molecule has 4 nitrogen and oxygen atoms in total. The van der Waals surface area contributed by atoms with Gasteiger partial charge in [-0.1, -0.05) is 51.7 Å². The molecule has 208 valence electrons. The van der Waals surface area contributed by atoms with Gasteiger partial charge in [-0.25, -0.2) is 22.8 Å². The summed E-state index contributed by atoms with van der Waals surface area (Å²) in [6, 6.07) is 5.49. The van der Waals surface area contributed by atoms with Crippen LogP contribution < -0.4 is 0 Å². The van der Waals surface area contributed by atoms with Gasteiger partial charge in [0.15, 0.2) is 12.3 Å². The molecule has 0 aromatic heterocycles. The monoisotopic (exact) mass is 524 g/mol. The van der Waals surface area contributed by atoms with Gasteiger partial charge in [-0.15, -0.1) is 0 Å². The number of esters is 2. The first-order valence-electron chi connectivity index (χ1n) is 14.3. The summed E-state index contributed by atoms with van der Waals surface area (Å²) in [5.41, 5.74) is 1.63. The smallest absolute Gasteiger partial charge is 0.340 e. The number of hydrogen-bond donors (Lipinski definition) is 0.